The number of anilines is 1. The second-order valence-electron chi connectivity index (χ2n) is 7.07. The van der Waals surface area contributed by atoms with Crippen LogP contribution in [-0.4, -0.2) is 44.7 Å². The van der Waals surface area contributed by atoms with Crippen molar-refractivity contribution < 1.29 is 4.42 Å². The van der Waals surface area contributed by atoms with Crippen LogP contribution in [0.3, 0.4) is 0 Å². The summed E-state index contributed by atoms with van der Waals surface area (Å²) in [5.41, 5.74) is 2.46. The Morgan fingerprint density at radius 3 is 3.04 bits per heavy atom. The van der Waals surface area contributed by atoms with E-state index >= 15 is 0 Å². The third kappa shape index (κ3) is 3.26. The van der Waals surface area contributed by atoms with Crippen molar-refractivity contribution in [1.82, 2.24) is 25.1 Å². The molecule has 0 bridgehead atoms. The highest BCUT2D eigenvalue weighted by atomic mass is 16.4. The molecule has 1 N–H and O–H groups in total. The number of fused-ring (bicyclic) bond motifs is 1. The van der Waals surface area contributed by atoms with E-state index in [4.69, 9.17) is 4.42 Å². The zero-order chi connectivity index (χ0) is 16.5. The lowest BCUT2D eigenvalue weighted by Crippen LogP contribution is -2.29. The van der Waals surface area contributed by atoms with Gasteiger partial charge in [-0.25, -0.2) is 9.97 Å². The molecule has 1 saturated carbocycles. The van der Waals surface area contributed by atoms with Crippen LogP contribution in [0.1, 0.15) is 42.3 Å². The van der Waals surface area contributed by atoms with Crippen LogP contribution >= 0.6 is 0 Å². The van der Waals surface area contributed by atoms with Crippen LogP contribution in [-0.2, 0) is 19.4 Å². The standard InChI is InChI=1S/C17H24N6O/c1-11-21-22-16(24-11)8-12-3-4-13(7-12)20-17-14-9-23(2)6-5-15(14)18-10-19-17/h10,12-13H,3-9H2,1-2H3,(H,18,19,20)/t12-,13+/m1/s1. The predicted octanol–water partition coefficient (Wildman–Crippen LogP) is 1.98. The number of aromatic nitrogens is 4. The van der Waals surface area contributed by atoms with Gasteiger partial charge in [0.2, 0.25) is 11.8 Å². The third-order valence-corrected chi connectivity index (χ3v) is 5.11. The summed E-state index contributed by atoms with van der Waals surface area (Å²) in [4.78, 5) is 11.3. The maximum atomic E-state index is 5.52. The van der Waals surface area contributed by atoms with Gasteiger partial charge in [-0.15, -0.1) is 10.2 Å². The Morgan fingerprint density at radius 2 is 2.21 bits per heavy atom. The normalized spacial score (nSPS) is 24.1. The zero-order valence-electron chi connectivity index (χ0n) is 14.3. The van der Waals surface area contributed by atoms with Crippen molar-refractivity contribution in [3.05, 3.63) is 29.4 Å². The first-order chi connectivity index (χ1) is 11.7. The molecule has 0 unspecified atom stereocenters. The van der Waals surface area contributed by atoms with E-state index in [1.807, 2.05) is 6.92 Å². The minimum Gasteiger partial charge on any atom is -0.426 e. The number of nitrogens with one attached hydrogen (secondary N) is 1. The van der Waals surface area contributed by atoms with E-state index < -0.39 is 0 Å². The van der Waals surface area contributed by atoms with Crippen LogP contribution in [0.5, 0.6) is 0 Å². The summed E-state index contributed by atoms with van der Waals surface area (Å²) in [6.45, 7) is 3.83. The van der Waals surface area contributed by atoms with Crippen molar-refractivity contribution in [3.8, 4) is 0 Å². The summed E-state index contributed by atoms with van der Waals surface area (Å²) in [7, 11) is 2.15. The van der Waals surface area contributed by atoms with Crippen molar-refractivity contribution in [2.24, 2.45) is 5.92 Å². The van der Waals surface area contributed by atoms with Gasteiger partial charge in [0.25, 0.3) is 0 Å². The summed E-state index contributed by atoms with van der Waals surface area (Å²) in [6.07, 6.45) is 7.05. The SMILES string of the molecule is Cc1nnc(C[C@@H]2CC[C@H](Nc3ncnc4c3CN(C)CC4)C2)o1. The molecule has 0 amide bonds. The van der Waals surface area contributed by atoms with Gasteiger partial charge in [-0.1, -0.05) is 0 Å². The van der Waals surface area contributed by atoms with Crippen molar-refractivity contribution in [3.63, 3.8) is 0 Å². The monoisotopic (exact) mass is 328 g/mol. The summed E-state index contributed by atoms with van der Waals surface area (Å²) in [6, 6.07) is 0.463. The Morgan fingerprint density at radius 1 is 1.29 bits per heavy atom. The Bertz CT molecular complexity index is 715. The van der Waals surface area contributed by atoms with E-state index in [0.29, 0.717) is 17.9 Å². The molecular weight excluding hydrogens is 304 g/mol. The van der Waals surface area contributed by atoms with Gasteiger partial charge in [0.1, 0.15) is 12.1 Å². The van der Waals surface area contributed by atoms with Crippen LogP contribution in [0, 0.1) is 12.8 Å². The van der Waals surface area contributed by atoms with Crippen molar-refractivity contribution in [2.75, 3.05) is 18.9 Å². The van der Waals surface area contributed by atoms with Crippen LogP contribution in [0.4, 0.5) is 5.82 Å². The number of nitrogens with zero attached hydrogens (tertiary/aromatic N) is 5. The molecule has 7 nitrogen and oxygen atoms in total. The molecule has 2 aromatic rings. The molecule has 7 heteroatoms. The fraction of sp³-hybridized carbons (Fsp3) is 0.647. The quantitative estimate of drug-likeness (QED) is 0.919. The van der Waals surface area contributed by atoms with E-state index in [-0.39, 0.29) is 0 Å². The molecule has 1 aliphatic carbocycles. The number of likely N-dealkylation sites (N-methyl/N-ethyl adjacent to an activating group) is 1. The summed E-state index contributed by atoms with van der Waals surface area (Å²) in [5, 5.41) is 11.7. The molecule has 0 spiro atoms. The molecule has 24 heavy (non-hydrogen) atoms. The van der Waals surface area contributed by atoms with Crippen molar-refractivity contribution in [2.45, 2.75) is 51.6 Å². The molecule has 2 atom stereocenters. The molecule has 3 heterocycles. The summed E-state index contributed by atoms with van der Waals surface area (Å²) in [5.74, 6) is 3.03. The van der Waals surface area contributed by atoms with E-state index in [1.165, 1.54) is 17.7 Å². The highest BCUT2D eigenvalue weighted by molar-refractivity contribution is 5.47. The molecule has 128 valence electrons. The Balaban J connectivity index is 1.40. The van der Waals surface area contributed by atoms with Crippen molar-refractivity contribution >= 4 is 5.82 Å². The minimum atomic E-state index is 0.463. The van der Waals surface area contributed by atoms with E-state index in [1.54, 1.807) is 6.33 Å². The second kappa shape index (κ2) is 6.47. The van der Waals surface area contributed by atoms with Gasteiger partial charge in [-0.05, 0) is 32.2 Å². The fourth-order valence-electron chi connectivity index (χ4n) is 3.85. The molecule has 1 fully saturated rings. The molecule has 1 aliphatic heterocycles. The first kappa shape index (κ1) is 15.5. The average Bonchev–Trinajstić information content (AvgIpc) is 3.17. The van der Waals surface area contributed by atoms with Crippen LogP contribution in [0.15, 0.2) is 10.7 Å². The highest BCUT2D eigenvalue weighted by Gasteiger charge is 2.28. The fourth-order valence-corrected chi connectivity index (χ4v) is 3.85. The summed E-state index contributed by atoms with van der Waals surface area (Å²) < 4.78 is 5.52. The van der Waals surface area contributed by atoms with E-state index in [0.717, 1.165) is 50.5 Å². The molecule has 0 saturated heterocycles. The van der Waals surface area contributed by atoms with Crippen LogP contribution in [0.25, 0.3) is 0 Å². The van der Waals surface area contributed by atoms with Gasteiger partial charge in [-0.2, -0.15) is 0 Å². The van der Waals surface area contributed by atoms with Gasteiger partial charge >= 0.3 is 0 Å². The number of rotatable bonds is 4. The van der Waals surface area contributed by atoms with Gasteiger partial charge in [0, 0.05) is 44.5 Å². The molecular formula is C17H24N6O. The van der Waals surface area contributed by atoms with Crippen molar-refractivity contribution in [1.29, 1.82) is 0 Å². The predicted molar refractivity (Wildman–Crippen MR) is 89.6 cm³/mol. The minimum absolute atomic E-state index is 0.463. The molecule has 0 aromatic carbocycles. The first-order valence-electron chi connectivity index (χ1n) is 8.74. The van der Waals surface area contributed by atoms with E-state index in [9.17, 15) is 0 Å². The average molecular weight is 328 g/mol. The van der Waals surface area contributed by atoms with Crippen LogP contribution < -0.4 is 5.32 Å². The largest absolute Gasteiger partial charge is 0.426 e. The zero-order valence-corrected chi connectivity index (χ0v) is 14.3. The molecule has 2 aromatic heterocycles. The third-order valence-electron chi connectivity index (χ3n) is 5.11. The molecule has 2 aliphatic rings. The molecule has 0 radical (unpaired) electrons. The van der Waals surface area contributed by atoms with Gasteiger partial charge in [0.15, 0.2) is 0 Å². The Labute approximate surface area is 141 Å². The number of aryl methyl sites for hydroxylation is 1. The first-order valence-corrected chi connectivity index (χ1v) is 8.74. The Hall–Kier alpha value is -2.02. The van der Waals surface area contributed by atoms with Crippen LogP contribution in [0.2, 0.25) is 0 Å². The lowest BCUT2D eigenvalue weighted by Gasteiger charge is -2.26. The lowest BCUT2D eigenvalue weighted by molar-refractivity contribution is 0.309. The number of hydrogen-bond acceptors (Lipinski definition) is 7. The second-order valence-corrected chi connectivity index (χ2v) is 7.07. The van der Waals surface area contributed by atoms with E-state index in [2.05, 4.69) is 37.4 Å². The Kier molecular flexibility index (Phi) is 4.18. The lowest BCUT2D eigenvalue weighted by atomic mass is 10.0. The van der Waals surface area contributed by atoms with Gasteiger partial charge < -0.3 is 14.6 Å². The van der Waals surface area contributed by atoms with Gasteiger partial charge in [-0.3, -0.25) is 0 Å². The maximum Gasteiger partial charge on any atom is 0.216 e. The smallest absolute Gasteiger partial charge is 0.216 e. The maximum absolute atomic E-state index is 5.52. The topological polar surface area (TPSA) is 80.0 Å². The van der Waals surface area contributed by atoms with Gasteiger partial charge in [0.05, 0.1) is 5.69 Å². The summed E-state index contributed by atoms with van der Waals surface area (Å²) >= 11 is 0. The number of hydrogen-bond donors (Lipinski definition) is 1. The highest BCUT2D eigenvalue weighted by Crippen LogP contribution is 2.31. The molecule has 4 rings (SSSR count).